The van der Waals surface area contributed by atoms with Gasteiger partial charge in [-0.05, 0) is 0 Å². The normalized spacial score (nSPS) is 15.7. The zero-order chi connectivity index (χ0) is 26.8. The number of hydrogen-bond donors (Lipinski definition) is 0. The third-order valence-corrected chi connectivity index (χ3v) is 4.21. The van der Waals surface area contributed by atoms with E-state index in [0.717, 1.165) is 0 Å². The summed E-state index contributed by atoms with van der Waals surface area (Å²) in [6.07, 6.45) is 24.9. The van der Waals surface area contributed by atoms with E-state index in [0.29, 0.717) is 0 Å². The van der Waals surface area contributed by atoms with Crippen LogP contribution in [0.2, 0.25) is 0 Å². The number of hydrogen-bond acceptors (Lipinski definition) is 0. The molecule has 0 spiro atoms. The Morgan fingerprint density at radius 2 is 0.382 bits per heavy atom. The van der Waals surface area contributed by atoms with Crippen LogP contribution in [-0.4, -0.2) is 0 Å². The van der Waals surface area contributed by atoms with Gasteiger partial charge in [-0.15, -0.1) is 0 Å². The van der Waals surface area contributed by atoms with Crippen LogP contribution in [0, 0.1) is 0 Å². The molecule has 34 heavy (non-hydrogen) atoms. The molecule has 0 bridgehead atoms. The molecule has 0 aromatic heterocycles. The summed E-state index contributed by atoms with van der Waals surface area (Å²) in [5, 5.41) is 0. The van der Waals surface area contributed by atoms with Crippen molar-refractivity contribution in [2.24, 2.45) is 0 Å². The molecule has 0 amide bonds. The first-order valence-electron chi connectivity index (χ1n) is 11.4. The second-order valence-electron chi connectivity index (χ2n) is 8.22. The van der Waals surface area contributed by atoms with Crippen molar-refractivity contribution in [3.05, 3.63) is 0 Å². The van der Waals surface area contributed by atoms with E-state index in [-0.39, 0.29) is 17.1 Å². The molecule has 1 radical (unpaired) electrons. The second kappa shape index (κ2) is 15.7. The molecule has 0 aliphatic carbocycles. The van der Waals surface area contributed by atoms with Crippen LogP contribution in [0.4, 0.5) is 50.4 Å². The molecule has 0 aliphatic rings. The van der Waals surface area contributed by atoms with Crippen LogP contribution in [0.15, 0.2) is 0 Å². The summed E-state index contributed by atoms with van der Waals surface area (Å²) in [5.41, 5.74) is 0. The fourth-order valence-corrected chi connectivity index (χ4v) is 2.80. The van der Waals surface area contributed by atoms with Crippen LogP contribution < -0.4 is 0 Å². The van der Waals surface area contributed by atoms with E-state index < -0.39 is 15.6 Å². The molecule has 0 unspecified atom stereocenters. The summed E-state index contributed by atoms with van der Waals surface area (Å²) < 4.78 is 118. The monoisotopic (exact) mass is 613 g/mol. The Balaban J connectivity index is -0.000000247. The van der Waals surface area contributed by atoms with Gasteiger partial charge in [0, 0.05) is 0 Å². The van der Waals surface area contributed by atoms with E-state index in [4.69, 9.17) is 0 Å². The summed E-state index contributed by atoms with van der Waals surface area (Å²) in [4.78, 5) is 0. The van der Waals surface area contributed by atoms with Gasteiger partial charge in [-0.25, -0.2) is 0 Å². The summed E-state index contributed by atoms with van der Waals surface area (Å²) >= 11 is 0. The van der Waals surface area contributed by atoms with Crippen molar-refractivity contribution in [3.8, 4) is 0 Å². The number of rotatable bonds is 16. The molecule has 0 saturated carbocycles. The molecule has 15 heteroatoms. The zero-order valence-electron chi connectivity index (χ0n) is 19.8. The summed E-state index contributed by atoms with van der Waals surface area (Å²) in [7, 11) is -21.3. The maximum atomic E-state index is 9.87. The summed E-state index contributed by atoms with van der Waals surface area (Å²) in [6, 6.07) is 0. The van der Waals surface area contributed by atoms with Crippen molar-refractivity contribution in [1.29, 1.82) is 0 Å². The predicted molar refractivity (Wildman–Crippen MR) is 117 cm³/mol. The Morgan fingerprint density at radius 3 is 0.471 bits per heavy atom. The third kappa shape index (κ3) is 118. The quantitative estimate of drug-likeness (QED) is 0.0703. The Hall–Kier alpha value is 0.539. The molecule has 0 rings (SSSR count). The van der Waals surface area contributed by atoms with E-state index in [1.54, 1.807) is 0 Å². The van der Waals surface area contributed by atoms with Gasteiger partial charge in [-0.3, -0.25) is 0 Å². The van der Waals surface area contributed by atoms with Gasteiger partial charge in [0.05, 0.1) is 0 Å². The Morgan fingerprint density at radius 1 is 0.294 bits per heavy atom. The summed E-state index contributed by atoms with van der Waals surface area (Å²) in [6.45, 7) is 4.59. The number of halogens is 12. The minimum Gasteiger partial charge on any atom is 2.00 e. The van der Waals surface area contributed by atoms with Crippen LogP contribution in [0.5, 0.6) is 0 Å². The Kier molecular flexibility index (Phi) is 19.3. The molecule has 0 aromatic rings. The van der Waals surface area contributed by atoms with Crippen LogP contribution in [0.25, 0.3) is 0 Å². The third-order valence-electron chi connectivity index (χ3n) is 4.21. The predicted octanol–water partition coefficient (Wildman–Crippen LogP) is 14.4. The Labute approximate surface area is 206 Å². The van der Waals surface area contributed by atoms with Crippen LogP contribution >= 0.6 is 15.6 Å². The van der Waals surface area contributed by atoms with E-state index >= 15 is 0 Å². The maximum Gasteiger partial charge on any atom is 2.00 e. The van der Waals surface area contributed by atoms with Gasteiger partial charge < -0.3 is 0 Å². The van der Waals surface area contributed by atoms with Gasteiger partial charge in [0.1, 0.15) is 0 Å². The first-order valence-corrected chi connectivity index (χ1v) is 15.5. The van der Waals surface area contributed by atoms with Gasteiger partial charge in [-0.1, -0.05) is 123 Å². The van der Waals surface area contributed by atoms with Crippen LogP contribution in [0.3, 0.4) is 0 Å². The maximum absolute atomic E-state index is 10.7. The molecule has 0 aromatic carbocycles. The average molecular weight is 613 g/mol. The van der Waals surface area contributed by atoms with Crippen LogP contribution in [-0.2, 0) is 17.1 Å². The van der Waals surface area contributed by atoms with Crippen molar-refractivity contribution in [1.82, 2.24) is 0 Å². The van der Waals surface area contributed by atoms with Gasteiger partial charge in [-0.2, -0.15) is 0 Å². The molecular formula is C19H40F12MnP2. The first-order chi connectivity index (χ1) is 14.3. The SMILES string of the molecule is CCCCCCCCCCCCCCCCCCC.F[P-](F)(F)(F)(F)F.F[P-](F)(F)(F)(F)F.[Mn+2]. The largest absolute Gasteiger partial charge is 2.00 e. The molecule has 0 nitrogen and oxygen atoms in total. The second-order valence-corrected chi connectivity index (χ2v) is 12.1. The van der Waals surface area contributed by atoms with Gasteiger partial charge in [0.15, 0.2) is 0 Å². The minimum absolute atomic E-state index is 0. The minimum atomic E-state index is -10.7. The van der Waals surface area contributed by atoms with E-state index in [1.807, 2.05) is 0 Å². The van der Waals surface area contributed by atoms with Crippen molar-refractivity contribution in [3.63, 3.8) is 0 Å². The number of unbranched alkanes of at least 4 members (excludes halogenated alkanes) is 16. The summed E-state index contributed by atoms with van der Waals surface area (Å²) in [5.74, 6) is 0. The molecule has 0 fully saturated rings. The van der Waals surface area contributed by atoms with Gasteiger partial charge >= 0.3 is 83.0 Å². The molecular weight excluding hydrogens is 573 g/mol. The molecule has 0 atom stereocenters. The molecule has 0 saturated heterocycles. The van der Waals surface area contributed by atoms with E-state index in [2.05, 4.69) is 13.8 Å². The van der Waals surface area contributed by atoms with E-state index in [9.17, 15) is 50.4 Å². The molecule has 0 aliphatic heterocycles. The van der Waals surface area contributed by atoms with Crippen molar-refractivity contribution in [2.75, 3.05) is 0 Å². The standard InChI is InChI=1S/C19H40.2F6P.Mn/c1-3-5-7-9-11-13-15-17-19-18-16-14-12-10-8-6-4-2;2*1-7(2,3,4,5)6;/h3-19H2,1-2H3;;;/q;2*-1;+2. The average Bonchev–Trinajstić information content (AvgIpc) is 2.53. The molecule has 217 valence electrons. The van der Waals surface area contributed by atoms with Gasteiger partial charge in [0.25, 0.3) is 0 Å². The molecule has 0 heterocycles. The van der Waals surface area contributed by atoms with Crippen molar-refractivity contribution in [2.45, 2.75) is 123 Å². The molecule has 0 N–H and O–H groups in total. The van der Waals surface area contributed by atoms with Crippen molar-refractivity contribution >= 4 is 15.6 Å². The Bertz CT molecular complexity index is 406. The first kappa shape index (κ1) is 41.7. The van der Waals surface area contributed by atoms with Crippen molar-refractivity contribution < 1.29 is 67.4 Å². The fourth-order valence-electron chi connectivity index (χ4n) is 2.80. The van der Waals surface area contributed by atoms with Crippen LogP contribution in [0.1, 0.15) is 123 Å². The van der Waals surface area contributed by atoms with E-state index in [1.165, 1.54) is 109 Å². The smallest absolute Gasteiger partial charge is 2.00 e. The topological polar surface area (TPSA) is 0 Å². The van der Waals surface area contributed by atoms with Gasteiger partial charge in [0.2, 0.25) is 0 Å². The fraction of sp³-hybridized carbons (Fsp3) is 1.00. The zero-order valence-corrected chi connectivity index (χ0v) is 22.8.